The van der Waals surface area contributed by atoms with E-state index < -0.39 is 0 Å². The first-order chi connectivity index (χ1) is 6.36. The van der Waals surface area contributed by atoms with E-state index in [2.05, 4.69) is 9.98 Å². The van der Waals surface area contributed by atoms with Crippen molar-refractivity contribution < 1.29 is 0 Å². The van der Waals surface area contributed by atoms with Gasteiger partial charge in [0.2, 0.25) is 0 Å². The minimum absolute atomic E-state index is 0.160. The molecular weight excluding hydrogens is 162 g/mol. The lowest BCUT2D eigenvalue weighted by Crippen LogP contribution is -2.26. The first-order valence-electron chi connectivity index (χ1n) is 4.25. The Morgan fingerprint density at radius 3 is 2.62 bits per heavy atom. The average Bonchev–Trinajstić information content (AvgIpc) is 2.20. The summed E-state index contributed by atoms with van der Waals surface area (Å²) >= 11 is 0. The predicted octanol–water partition coefficient (Wildman–Crippen LogP) is 0.845. The van der Waals surface area contributed by atoms with E-state index in [0.717, 1.165) is 11.3 Å². The summed E-state index contributed by atoms with van der Waals surface area (Å²) in [6.07, 6.45) is 1.58. The third-order valence-electron chi connectivity index (χ3n) is 1.91. The van der Waals surface area contributed by atoms with Gasteiger partial charge in [0.05, 0.1) is 12.3 Å². The molecule has 0 saturated heterocycles. The van der Waals surface area contributed by atoms with Crippen molar-refractivity contribution in [3.05, 3.63) is 35.9 Å². The summed E-state index contributed by atoms with van der Waals surface area (Å²) in [5.41, 5.74) is 7.58. The second kappa shape index (κ2) is 3.49. The van der Waals surface area contributed by atoms with E-state index >= 15 is 0 Å². The number of benzene rings is 1. The Hall–Kier alpha value is -1.48. The minimum Gasteiger partial charge on any atom is -0.308 e. The second-order valence-electron chi connectivity index (χ2n) is 2.94. The number of hydrogen-bond donors (Lipinski definition) is 1. The maximum absolute atomic E-state index is 5.57. The summed E-state index contributed by atoms with van der Waals surface area (Å²) in [5.74, 6) is 0. The third-order valence-corrected chi connectivity index (χ3v) is 1.91. The highest BCUT2D eigenvalue weighted by atomic mass is 15.0. The van der Waals surface area contributed by atoms with Crippen molar-refractivity contribution >= 4 is 11.9 Å². The van der Waals surface area contributed by atoms with Gasteiger partial charge in [-0.15, -0.1) is 0 Å². The Labute approximate surface area is 77.0 Å². The molecule has 3 nitrogen and oxygen atoms in total. The first kappa shape index (κ1) is 8.13. The Balaban J connectivity index is 2.25. The van der Waals surface area contributed by atoms with Crippen molar-refractivity contribution in [3.63, 3.8) is 0 Å². The van der Waals surface area contributed by atoms with Crippen molar-refractivity contribution in [3.8, 4) is 0 Å². The molecule has 1 aliphatic rings. The van der Waals surface area contributed by atoms with Crippen molar-refractivity contribution in [2.45, 2.75) is 6.17 Å². The summed E-state index contributed by atoms with van der Waals surface area (Å²) in [5, 5.41) is 0. The molecule has 3 heteroatoms. The van der Waals surface area contributed by atoms with Crippen LogP contribution in [0.4, 0.5) is 0 Å². The highest BCUT2D eigenvalue weighted by Crippen LogP contribution is 2.03. The summed E-state index contributed by atoms with van der Waals surface area (Å²) in [6.45, 7) is 0.584. The van der Waals surface area contributed by atoms with Crippen LogP contribution in [0.5, 0.6) is 0 Å². The fraction of sp³-hybridized carbons (Fsp3) is 0.200. The van der Waals surface area contributed by atoms with Crippen molar-refractivity contribution in [2.75, 3.05) is 6.54 Å². The highest BCUT2D eigenvalue weighted by molar-refractivity contribution is 6.38. The van der Waals surface area contributed by atoms with Crippen LogP contribution < -0.4 is 5.73 Å². The number of hydrogen-bond acceptors (Lipinski definition) is 3. The van der Waals surface area contributed by atoms with Crippen LogP contribution in [0.2, 0.25) is 0 Å². The smallest absolute Gasteiger partial charge is 0.117 e. The largest absolute Gasteiger partial charge is 0.308 e. The van der Waals surface area contributed by atoms with Gasteiger partial charge in [0.1, 0.15) is 6.17 Å². The van der Waals surface area contributed by atoms with Gasteiger partial charge in [0, 0.05) is 11.8 Å². The highest BCUT2D eigenvalue weighted by Gasteiger charge is 2.06. The molecule has 0 fully saturated rings. The zero-order chi connectivity index (χ0) is 9.10. The molecule has 1 heterocycles. The zero-order valence-corrected chi connectivity index (χ0v) is 7.22. The fourth-order valence-electron chi connectivity index (χ4n) is 1.22. The molecule has 66 valence electrons. The van der Waals surface area contributed by atoms with Gasteiger partial charge in [0.15, 0.2) is 0 Å². The minimum atomic E-state index is -0.160. The van der Waals surface area contributed by atoms with Crippen LogP contribution in [0, 0.1) is 0 Å². The zero-order valence-electron chi connectivity index (χ0n) is 7.22. The summed E-state index contributed by atoms with van der Waals surface area (Å²) in [7, 11) is 0. The van der Waals surface area contributed by atoms with E-state index in [0.29, 0.717) is 6.54 Å². The van der Waals surface area contributed by atoms with E-state index in [9.17, 15) is 0 Å². The topological polar surface area (TPSA) is 50.7 Å². The number of rotatable bonds is 1. The maximum Gasteiger partial charge on any atom is 0.117 e. The van der Waals surface area contributed by atoms with Crippen molar-refractivity contribution in [1.82, 2.24) is 0 Å². The Bertz CT molecular complexity index is 340. The van der Waals surface area contributed by atoms with Crippen LogP contribution in [-0.4, -0.2) is 24.6 Å². The molecule has 2 rings (SSSR count). The van der Waals surface area contributed by atoms with Crippen LogP contribution in [0.3, 0.4) is 0 Å². The lowest BCUT2D eigenvalue weighted by atomic mass is 10.1. The Morgan fingerprint density at radius 1 is 1.23 bits per heavy atom. The molecule has 1 unspecified atom stereocenters. The monoisotopic (exact) mass is 173 g/mol. The molecule has 0 aromatic heterocycles. The summed E-state index contributed by atoms with van der Waals surface area (Å²) in [4.78, 5) is 8.43. The lowest BCUT2D eigenvalue weighted by Gasteiger charge is -2.10. The van der Waals surface area contributed by atoms with Gasteiger partial charge in [-0.05, 0) is 0 Å². The van der Waals surface area contributed by atoms with Crippen LogP contribution in [-0.2, 0) is 0 Å². The van der Waals surface area contributed by atoms with Gasteiger partial charge in [-0.3, -0.25) is 9.98 Å². The van der Waals surface area contributed by atoms with Crippen LogP contribution in [0.15, 0.2) is 40.3 Å². The van der Waals surface area contributed by atoms with Gasteiger partial charge in [-0.25, -0.2) is 0 Å². The van der Waals surface area contributed by atoms with Crippen LogP contribution in [0.1, 0.15) is 5.56 Å². The molecule has 0 spiro atoms. The fourth-order valence-corrected chi connectivity index (χ4v) is 1.22. The van der Waals surface area contributed by atoms with E-state index in [1.807, 2.05) is 30.3 Å². The molecular formula is C10H11N3. The normalized spacial score (nSPS) is 21.3. The van der Waals surface area contributed by atoms with E-state index in [4.69, 9.17) is 5.73 Å². The third kappa shape index (κ3) is 1.81. The molecule has 0 amide bonds. The second-order valence-corrected chi connectivity index (χ2v) is 2.94. The van der Waals surface area contributed by atoms with E-state index in [-0.39, 0.29) is 6.17 Å². The molecule has 13 heavy (non-hydrogen) atoms. The predicted molar refractivity (Wildman–Crippen MR) is 54.3 cm³/mol. The Morgan fingerprint density at radius 2 is 2.00 bits per heavy atom. The summed E-state index contributed by atoms with van der Waals surface area (Å²) < 4.78 is 0. The molecule has 0 radical (unpaired) electrons. The van der Waals surface area contributed by atoms with Gasteiger partial charge in [0.25, 0.3) is 0 Å². The van der Waals surface area contributed by atoms with Crippen LogP contribution >= 0.6 is 0 Å². The molecule has 0 saturated carbocycles. The summed E-state index contributed by atoms with van der Waals surface area (Å²) in [6, 6.07) is 9.99. The SMILES string of the molecule is NC1CN=C(c2ccccc2)C=N1. The average molecular weight is 173 g/mol. The van der Waals surface area contributed by atoms with Crippen molar-refractivity contribution in [1.29, 1.82) is 0 Å². The first-order valence-corrected chi connectivity index (χ1v) is 4.25. The molecule has 1 atom stereocenters. The lowest BCUT2D eigenvalue weighted by molar-refractivity contribution is 0.719. The maximum atomic E-state index is 5.57. The molecule has 1 aromatic rings. The van der Waals surface area contributed by atoms with E-state index in [1.165, 1.54) is 0 Å². The molecule has 2 N–H and O–H groups in total. The number of nitrogens with zero attached hydrogens (tertiary/aromatic N) is 2. The molecule has 1 aliphatic heterocycles. The molecule has 1 aromatic carbocycles. The number of aliphatic imine (C=N–C) groups is 2. The number of nitrogens with two attached hydrogens (primary N) is 1. The van der Waals surface area contributed by atoms with Crippen molar-refractivity contribution in [2.24, 2.45) is 15.7 Å². The van der Waals surface area contributed by atoms with Gasteiger partial charge >= 0.3 is 0 Å². The quantitative estimate of drug-likeness (QED) is 0.672. The van der Waals surface area contributed by atoms with Gasteiger partial charge in [-0.2, -0.15) is 0 Å². The molecule has 0 aliphatic carbocycles. The van der Waals surface area contributed by atoms with Gasteiger partial charge in [-0.1, -0.05) is 30.3 Å². The molecule has 0 bridgehead atoms. The Kier molecular flexibility index (Phi) is 2.19. The van der Waals surface area contributed by atoms with E-state index in [1.54, 1.807) is 6.21 Å². The van der Waals surface area contributed by atoms with Gasteiger partial charge < -0.3 is 5.73 Å². The standard InChI is InChI=1S/C10H11N3/c11-10-7-12-9(6-13-10)8-4-2-1-3-5-8/h1-6,10H,7,11H2. The van der Waals surface area contributed by atoms with Crippen LogP contribution in [0.25, 0.3) is 0 Å².